The van der Waals surface area contributed by atoms with Crippen LogP contribution in [0.15, 0.2) is 36.4 Å². The van der Waals surface area contributed by atoms with Crippen LogP contribution in [0.1, 0.15) is 38.2 Å². The molecule has 2 aromatic rings. The van der Waals surface area contributed by atoms with Crippen LogP contribution in [0.2, 0.25) is 0 Å². The summed E-state index contributed by atoms with van der Waals surface area (Å²) < 4.78 is 0. The van der Waals surface area contributed by atoms with E-state index < -0.39 is 0 Å². The second-order valence-electron chi connectivity index (χ2n) is 5.57. The zero-order chi connectivity index (χ0) is 13.9. The Morgan fingerprint density at radius 2 is 1.90 bits per heavy atom. The molecule has 0 radical (unpaired) electrons. The smallest absolute Gasteiger partial charge is 0.0998 e. The number of nitrogens with zero attached hydrogens (tertiary/aromatic N) is 2. The summed E-state index contributed by atoms with van der Waals surface area (Å²) in [5.74, 6) is 0. The van der Waals surface area contributed by atoms with Crippen LogP contribution in [0.25, 0.3) is 10.8 Å². The third-order valence-electron chi connectivity index (χ3n) is 4.07. The van der Waals surface area contributed by atoms with Crippen molar-refractivity contribution in [3.63, 3.8) is 0 Å². The van der Waals surface area contributed by atoms with Crippen LogP contribution in [-0.4, -0.2) is 12.6 Å². The lowest BCUT2D eigenvalue weighted by Crippen LogP contribution is -2.26. The van der Waals surface area contributed by atoms with Crippen LogP contribution >= 0.6 is 0 Å². The number of rotatable bonds is 5. The van der Waals surface area contributed by atoms with Gasteiger partial charge in [-0.25, -0.2) is 0 Å². The molecule has 0 saturated heterocycles. The van der Waals surface area contributed by atoms with E-state index in [1.807, 2.05) is 12.1 Å². The highest BCUT2D eigenvalue weighted by Crippen LogP contribution is 2.36. The van der Waals surface area contributed by atoms with Crippen molar-refractivity contribution in [1.82, 2.24) is 0 Å². The minimum atomic E-state index is 0.706. The van der Waals surface area contributed by atoms with Crippen molar-refractivity contribution in [3.05, 3.63) is 42.0 Å². The van der Waals surface area contributed by atoms with Gasteiger partial charge in [0.05, 0.1) is 11.6 Å². The number of nitriles is 1. The molecule has 0 heterocycles. The van der Waals surface area contributed by atoms with Crippen LogP contribution in [0.4, 0.5) is 5.69 Å². The van der Waals surface area contributed by atoms with Crippen molar-refractivity contribution in [1.29, 1.82) is 5.26 Å². The highest BCUT2D eigenvalue weighted by molar-refractivity contribution is 5.98. The van der Waals surface area contributed by atoms with E-state index in [9.17, 15) is 5.26 Å². The summed E-state index contributed by atoms with van der Waals surface area (Å²) in [6.07, 6.45) is 5.05. The van der Waals surface area contributed by atoms with Crippen molar-refractivity contribution in [2.45, 2.75) is 38.6 Å². The first-order valence-electron chi connectivity index (χ1n) is 7.53. The summed E-state index contributed by atoms with van der Waals surface area (Å²) in [7, 11) is 0. The summed E-state index contributed by atoms with van der Waals surface area (Å²) in [4.78, 5) is 2.55. The molecule has 1 saturated carbocycles. The molecule has 102 valence electrons. The molecule has 1 aliphatic carbocycles. The Balaban J connectivity index is 2.08. The number of benzene rings is 2. The van der Waals surface area contributed by atoms with Crippen molar-refractivity contribution in [2.24, 2.45) is 0 Å². The molecule has 0 amide bonds. The number of fused-ring (bicyclic) bond motifs is 1. The monoisotopic (exact) mass is 264 g/mol. The Morgan fingerprint density at radius 1 is 1.15 bits per heavy atom. The fourth-order valence-electron chi connectivity index (χ4n) is 2.85. The first-order chi connectivity index (χ1) is 9.85. The van der Waals surface area contributed by atoms with Crippen molar-refractivity contribution < 1.29 is 0 Å². The Hall–Kier alpha value is -2.01. The SMILES string of the molecule is CCCCN(c1ccc(C#N)c2ccccc12)C1CC1. The molecule has 0 N–H and O–H groups in total. The summed E-state index contributed by atoms with van der Waals surface area (Å²) in [6, 6.07) is 15.4. The van der Waals surface area contributed by atoms with Gasteiger partial charge in [-0.15, -0.1) is 0 Å². The van der Waals surface area contributed by atoms with Crippen molar-refractivity contribution in [2.75, 3.05) is 11.4 Å². The van der Waals surface area contributed by atoms with Crippen LogP contribution in [-0.2, 0) is 0 Å². The minimum absolute atomic E-state index is 0.706. The van der Waals surface area contributed by atoms with Crippen LogP contribution < -0.4 is 4.90 Å². The van der Waals surface area contributed by atoms with Gasteiger partial charge in [0.1, 0.15) is 0 Å². The molecule has 0 unspecified atom stereocenters. The number of hydrogen-bond acceptors (Lipinski definition) is 2. The Labute approximate surface area is 120 Å². The third-order valence-corrected chi connectivity index (χ3v) is 4.07. The average Bonchev–Trinajstić information content (AvgIpc) is 3.32. The Morgan fingerprint density at radius 3 is 2.55 bits per heavy atom. The van der Waals surface area contributed by atoms with Gasteiger partial charge in [0.15, 0.2) is 0 Å². The molecule has 0 aromatic heterocycles. The first kappa shape index (κ1) is 13.0. The van der Waals surface area contributed by atoms with Gasteiger partial charge < -0.3 is 4.90 Å². The van der Waals surface area contributed by atoms with Gasteiger partial charge in [-0.05, 0) is 31.4 Å². The second kappa shape index (κ2) is 5.54. The largest absolute Gasteiger partial charge is 0.368 e. The highest BCUT2D eigenvalue weighted by Gasteiger charge is 2.29. The molecule has 3 rings (SSSR count). The summed E-state index contributed by atoms with van der Waals surface area (Å²) >= 11 is 0. The number of unbranched alkanes of at least 4 members (excludes halogenated alkanes) is 1. The van der Waals surface area contributed by atoms with Crippen LogP contribution in [0, 0.1) is 11.3 Å². The lowest BCUT2D eigenvalue weighted by atomic mass is 10.0. The highest BCUT2D eigenvalue weighted by atomic mass is 15.2. The number of anilines is 1. The summed E-state index contributed by atoms with van der Waals surface area (Å²) in [5, 5.41) is 11.6. The quantitative estimate of drug-likeness (QED) is 0.796. The normalized spacial score (nSPS) is 14.2. The van der Waals surface area contributed by atoms with Gasteiger partial charge in [-0.1, -0.05) is 37.6 Å². The van der Waals surface area contributed by atoms with Crippen LogP contribution in [0.5, 0.6) is 0 Å². The lowest BCUT2D eigenvalue weighted by molar-refractivity contribution is 0.715. The molecule has 0 atom stereocenters. The van der Waals surface area contributed by atoms with Gasteiger partial charge in [-0.3, -0.25) is 0 Å². The molecule has 2 aromatic carbocycles. The Bertz CT molecular complexity index is 650. The van der Waals surface area contributed by atoms with Gasteiger partial charge in [-0.2, -0.15) is 5.26 Å². The standard InChI is InChI=1S/C18H20N2/c1-2-3-12-20(15-9-10-15)18-11-8-14(13-19)16-6-4-5-7-17(16)18/h4-8,11,15H,2-3,9-10,12H2,1H3. The van der Waals surface area contributed by atoms with E-state index in [2.05, 4.69) is 42.2 Å². The van der Waals surface area contributed by atoms with E-state index in [-0.39, 0.29) is 0 Å². The van der Waals surface area contributed by atoms with E-state index in [1.54, 1.807) is 0 Å². The Kier molecular flexibility index (Phi) is 3.60. The lowest BCUT2D eigenvalue weighted by Gasteiger charge is -2.26. The topological polar surface area (TPSA) is 27.0 Å². The van der Waals surface area contributed by atoms with Crippen molar-refractivity contribution >= 4 is 16.5 Å². The molecule has 0 spiro atoms. The molecule has 0 bridgehead atoms. The summed E-state index contributed by atoms with van der Waals surface area (Å²) in [6.45, 7) is 3.36. The van der Waals surface area contributed by atoms with E-state index in [4.69, 9.17) is 0 Å². The molecule has 2 heteroatoms. The maximum absolute atomic E-state index is 9.26. The van der Waals surface area contributed by atoms with Crippen molar-refractivity contribution in [3.8, 4) is 6.07 Å². The molecule has 20 heavy (non-hydrogen) atoms. The molecule has 0 aliphatic heterocycles. The van der Waals surface area contributed by atoms with E-state index in [0.29, 0.717) is 6.04 Å². The number of hydrogen-bond donors (Lipinski definition) is 0. The molecular weight excluding hydrogens is 244 g/mol. The average molecular weight is 264 g/mol. The van der Waals surface area contributed by atoms with E-state index >= 15 is 0 Å². The fraction of sp³-hybridized carbons (Fsp3) is 0.389. The zero-order valence-electron chi connectivity index (χ0n) is 12.0. The second-order valence-corrected chi connectivity index (χ2v) is 5.57. The minimum Gasteiger partial charge on any atom is -0.368 e. The predicted molar refractivity (Wildman–Crippen MR) is 83.9 cm³/mol. The predicted octanol–water partition coefficient (Wildman–Crippen LogP) is 4.48. The summed E-state index contributed by atoms with van der Waals surface area (Å²) in [5.41, 5.74) is 2.08. The molecular formula is C18H20N2. The zero-order valence-corrected chi connectivity index (χ0v) is 12.0. The van der Waals surface area contributed by atoms with E-state index in [1.165, 1.54) is 36.8 Å². The fourth-order valence-corrected chi connectivity index (χ4v) is 2.85. The molecule has 2 nitrogen and oxygen atoms in total. The molecule has 1 aliphatic rings. The van der Waals surface area contributed by atoms with Gasteiger partial charge in [0, 0.05) is 29.0 Å². The maximum Gasteiger partial charge on any atom is 0.0998 e. The van der Waals surface area contributed by atoms with E-state index in [0.717, 1.165) is 17.5 Å². The van der Waals surface area contributed by atoms with Crippen LogP contribution in [0.3, 0.4) is 0 Å². The van der Waals surface area contributed by atoms with Gasteiger partial charge in [0.2, 0.25) is 0 Å². The third kappa shape index (κ3) is 2.36. The van der Waals surface area contributed by atoms with Gasteiger partial charge in [0.25, 0.3) is 0 Å². The molecule has 1 fully saturated rings. The van der Waals surface area contributed by atoms with Gasteiger partial charge >= 0.3 is 0 Å². The first-order valence-corrected chi connectivity index (χ1v) is 7.53. The maximum atomic E-state index is 9.26.